The summed E-state index contributed by atoms with van der Waals surface area (Å²) < 4.78 is 0. The molecule has 2 heterocycles. The van der Waals surface area contributed by atoms with E-state index in [-0.39, 0.29) is 17.9 Å². The van der Waals surface area contributed by atoms with Crippen LogP contribution in [0.3, 0.4) is 0 Å². The first-order valence-electron chi connectivity index (χ1n) is 8.87. The minimum atomic E-state index is -0.234. The summed E-state index contributed by atoms with van der Waals surface area (Å²) >= 11 is 1.26. The lowest BCUT2D eigenvalue weighted by molar-refractivity contribution is -0.120. The molecule has 0 bridgehead atoms. The first-order chi connectivity index (χ1) is 13.4. The average molecular weight is 395 g/mol. The van der Waals surface area contributed by atoms with Gasteiger partial charge in [-0.05, 0) is 44.5 Å². The van der Waals surface area contributed by atoms with E-state index >= 15 is 0 Å². The van der Waals surface area contributed by atoms with E-state index in [0.29, 0.717) is 33.5 Å². The molecule has 0 aliphatic carbocycles. The molecule has 0 saturated carbocycles. The zero-order chi connectivity index (χ0) is 20.1. The minimum absolute atomic E-state index is 0.0252. The number of rotatable bonds is 6. The van der Waals surface area contributed by atoms with E-state index < -0.39 is 0 Å². The van der Waals surface area contributed by atoms with Crippen molar-refractivity contribution in [1.29, 1.82) is 0 Å². The quantitative estimate of drug-likeness (QED) is 0.668. The van der Waals surface area contributed by atoms with Crippen LogP contribution < -0.4 is 10.6 Å². The average Bonchev–Trinajstić information content (AvgIpc) is 3.05. The Labute approximate surface area is 167 Å². The van der Waals surface area contributed by atoms with E-state index in [1.54, 1.807) is 37.5 Å². The molecule has 0 radical (unpaired) electrons. The van der Waals surface area contributed by atoms with Gasteiger partial charge in [-0.25, -0.2) is 15.0 Å². The lowest BCUT2D eigenvalue weighted by Gasteiger charge is -2.09. The molecule has 3 rings (SSSR count). The van der Waals surface area contributed by atoms with Gasteiger partial charge < -0.3 is 10.6 Å². The SMILES string of the molecule is Cc1nc(-c2ncccn2)sc1C(=O)Nc1ccc(CC(=O)NC(C)C)cc1. The summed E-state index contributed by atoms with van der Waals surface area (Å²) in [6.45, 7) is 5.63. The second kappa shape index (κ2) is 8.71. The molecule has 2 aromatic heterocycles. The Kier molecular flexibility index (Phi) is 6.10. The van der Waals surface area contributed by atoms with Gasteiger partial charge in [-0.3, -0.25) is 9.59 Å². The summed E-state index contributed by atoms with van der Waals surface area (Å²) in [5.74, 6) is 0.240. The van der Waals surface area contributed by atoms with Crippen LogP contribution in [-0.4, -0.2) is 32.8 Å². The number of benzene rings is 1. The molecule has 3 aromatic rings. The summed E-state index contributed by atoms with van der Waals surface area (Å²) in [4.78, 5) is 37.7. The number of hydrogen-bond donors (Lipinski definition) is 2. The van der Waals surface area contributed by atoms with E-state index in [4.69, 9.17) is 0 Å². The van der Waals surface area contributed by atoms with Crippen LogP contribution in [0.15, 0.2) is 42.7 Å². The minimum Gasteiger partial charge on any atom is -0.354 e. The van der Waals surface area contributed by atoms with E-state index in [1.165, 1.54) is 11.3 Å². The lowest BCUT2D eigenvalue weighted by Crippen LogP contribution is -2.31. The van der Waals surface area contributed by atoms with Crippen LogP contribution >= 0.6 is 11.3 Å². The highest BCUT2D eigenvalue weighted by molar-refractivity contribution is 7.17. The van der Waals surface area contributed by atoms with Crippen molar-refractivity contribution in [2.24, 2.45) is 0 Å². The molecule has 28 heavy (non-hydrogen) atoms. The molecule has 2 amide bonds. The zero-order valence-corrected chi connectivity index (χ0v) is 16.7. The lowest BCUT2D eigenvalue weighted by atomic mass is 10.1. The van der Waals surface area contributed by atoms with Crippen molar-refractivity contribution in [3.63, 3.8) is 0 Å². The second-order valence-electron chi connectivity index (χ2n) is 6.56. The molecule has 1 aromatic carbocycles. The fraction of sp³-hybridized carbons (Fsp3) is 0.250. The maximum atomic E-state index is 12.6. The van der Waals surface area contributed by atoms with Gasteiger partial charge in [-0.1, -0.05) is 12.1 Å². The Balaban J connectivity index is 1.67. The second-order valence-corrected chi connectivity index (χ2v) is 7.56. The van der Waals surface area contributed by atoms with Crippen molar-refractivity contribution < 1.29 is 9.59 Å². The van der Waals surface area contributed by atoms with E-state index in [2.05, 4.69) is 25.6 Å². The Morgan fingerprint density at radius 1 is 1.11 bits per heavy atom. The standard InChI is InChI=1S/C20H21N5O2S/c1-12(2)23-16(26)11-14-5-7-15(8-6-14)25-19(27)17-13(3)24-20(28-17)18-21-9-4-10-22-18/h4-10,12H,11H2,1-3H3,(H,23,26)(H,25,27). The first-order valence-corrected chi connectivity index (χ1v) is 9.68. The van der Waals surface area contributed by atoms with Gasteiger partial charge in [0.2, 0.25) is 5.91 Å². The van der Waals surface area contributed by atoms with Crippen molar-refractivity contribution in [1.82, 2.24) is 20.3 Å². The summed E-state index contributed by atoms with van der Waals surface area (Å²) in [7, 11) is 0. The predicted molar refractivity (Wildman–Crippen MR) is 109 cm³/mol. The Morgan fingerprint density at radius 2 is 1.79 bits per heavy atom. The smallest absolute Gasteiger partial charge is 0.267 e. The van der Waals surface area contributed by atoms with Crippen LogP contribution in [0.5, 0.6) is 0 Å². The zero-order valence-electron chi connectivity index (χ0n) is 15.9. The van der Waals surface area contributed by atoms with E-state index in [9.17, 15) is 9.59 Å². The molecule has 8 heteroatoms. The predicted octanol–water partition coefficient (Wildman–Crippen LogP) is 3.23. The molecule has 0 spiro atoms. The maximum Gasteiger partial charge on any atom is 0.267 e. The molecular weight excluding hydrogens is 374 g/mol. The number of amides is 2. The number of anilines is 1. The van der Waals surface area contributed by atoms with Crippen molar-refractivity contribution >= 4 is 28.8 Å². The third kappa shape index (κ3) is 4.98. The monoisotopic (exact) mass is 395 g/mol. The van der Waals surface area contributed by atoms with Gasteiger partial charge in [0.25, 0.3) is 5.91 Å². The van der Waals surface area contributed by atoms with Crippen LogP contribution in [0, 0.1) is 6.92 Å². The van der Waals surface area contributed by atoms with E-state index in [0.717, 1.165) is 5.56 Å². The molecule has 0 atom stereocenters. The summed E-state index contributed by atoms with van der Waals surface area (Å²) in [5.41, 5.74) is 2.17. The van der Waals surface area contributed by atoms with Crippen LogP contribution in [0.25, 0.3) is 10.8 Å². The number of thiazole rings is 1. The molecule has 0 aliphatic heterocycles. The fourth-order valence-corrected chi connectivity index (χ4v) is 3.47. The van der Waals surface area contributed by atoms with Crippen LogP contribution in [0.1, 0.15) is 34.8 Å². The molecule has 0 aliphatic rings. The van der Waals surface area contributed by atoms with Gasteiger partial charge in [0, 0.05) is 24.1 Å². The Hall–Kier alpha value is -3.13. The molecular formula is C20H21N5O2S. The first kappa shape index (κ1) is 19.6. The van der Waals surface area contributed by atoms with Gasteiger partial charge in [-0.2, -0.15) is 0 Å². The topological polar surface area (TPSA) is 96.9 Å². The molecule has 144 valence electrons. The molecule has 0 fully saturated rings. The number of aryl methyl sites for hydroxylation is 1. The largest absolute Gasteiger partial charge is 0.354 e. The number of aromatic nitrogens is 3. The third-order valence-corrected chi connectivity index (χ3v) is 4.94. The number of nitrogens with one attached hydrogen (secondary N) is 2. The Morgan fingerprint density at radius 3 is 2.43 bits per heavy atom. The number of carbonyl (C=O) groups excluding carboxylic acids is 2. The van der Waals surface area contributed by atoms with Crippen molar-refractivity contribution in [3.05, 3.63) is 58.9 Å². The number of carbonyl (C=O) groups is 2. The van der Waals surface area contributed by atoms with Crippen LogP contribution in [0.2, 0.25) is 0 Å². The molecule has 2 N–H and O–H groups in total. The van der Waals surface area contributed by atoms with Crippen LogP contribution in [0.4, 0.5) is 5.69 Å². The molecule has 0 saturated heterocycles. The van der Waals surface area contributed by atoms with Gasteiger partial charge in [-0.15, -0.1) is 11.3 Å². The highest BCUT2D eigenvalue weighted by atomic mass is 32.1. The maximum absolute atomic E-state index is 12.6. The Bertz CT molecular complexity index is 968. The van der Waals surface area contributed by atoms with Crippen molar-refractivity contribution in [3.8, 4) is 10.8 Å². The van der Waals surface area contributed by atoms with Crippen LogP contribution in [-0.2, 0) is 11.2 Å². The van der Waals surface area contributed by atoms with Crippen molar-refractivity contribution in [2.75, 3.05) is 5.32 Å². The fourth-order valence-electron chi connectivity index (χ4n) is 2.56. The number of hydrogen-bond acceptors (Lipinski definition) is 6. The van der Waals surface area contributed by atoms with Gasteiger partial charge in [0.15, 0.2) is 10.8 Å². The van der Waals surface area contributed by atoms with E-state index in [1.807, 2.05) is 26.0 Å². The highest BCUT2D eigenvalue weighted by Gasteiger charge is 2.17. The highest BCUT2D eigenvalue weighted by Crippen LogP contribution is 2.26. The van der Waals surface area contributed by atoms with Gasteiger partial charge in [0.1, 0.15) is 4.88 Å². The number of nitrogens with zero attached hydrogens (tertiary/aromatic N) is 3. The third-order valence-electron chi connectivity index (χ3n) is 3.79. The van der Waals surface area contributed by atoms with Crippen molar-refractivity contribution in [2.45, 2.75) is 33.2 Å². The molecule has 7 nitrogen and oxygen atoms in total. The van der Waals surface area contributed by atoms with Gasteiger partial charge in [0.05, 0.1) is 12.1 Å². The summed E-state index contributed by atoms with van der Waals surface area (Å²) in [6, 6.07) is 9.07. The van der Waals surface area contributed by atoms with Gasteiger partial charge >= 0.3 is 0 Å². The summed E-state index contributed by atoms with van der Waals surface area (Å²) in [5, 5.41) is 6.33. The summed E-state index contributed by atoms with van der Waals surface area (Å²) in [6.07, 6.45) is 3.59. The molecule has 0 unspecified atom stereocenters. The normalized spacial score (nSPS) is 10.7.